The number of aliphatic hydroxyl groups excluding tert-OH is 1. The average molecular weight is 157 g/mol. The Balaban J connectivity index is 2.54. The molecule has 1 fully saturated rings. The van der Waals surface area contributed by atoms with Crippen LogP contribution < -0.4 is 0 Å². The number of likely N-dealkylation sites (tertiary alicyclic amines) is 1. The molecule has 3 heteroatoms. The van der Waals surface area contributed by atoms with Crippen LogP contribution in [0.25, 0.3) is 0 Å². The Kier molecular flexibility index (Phi) is 2.49. The molecule has 0 aromatic carbocycles. The fourth-order valence-electron chi connectivity index (χ4n) is 1.53. The third kappa shape index (κ3) is 1.93. The first-order valence-corrected chi connectivity index (χ1v) is 4.06. The number of piperidine rings is 1. The lowest BCUT2D eigenvalue weighted by Gasteiger charge is -2.35. The van der Waals surface area contributed by atoms with Crippen molar-refractivity contribution in [2.24, 2.45) is 0 Å². The lowest BCUT2D eigenvalue weighted by Crippen LogP contribution is -2.46. The highest BCUT2D eigenvalue weighted by molar-refractivity contribution is 5.73. The van der Waals surface area contributed by atoms with E-state index in [1.54, 1.807) is 11.8 Å². The van der Waals surface area contributed by atoms with Crippen molar-refractivity contribution >= 4 is 5.91 Å². The summed E-state index contributed by atoms with van der Waals surface area (Å²) in [6, 6.07) is 0.302. The molecular weight excluding hydrogens is 142 g/mol. The molecular formula is C8H15NO2. The molecule has 1 saturated heterocycles. The van der Waals surface area contributed by atoms with E-state index >= 15 is 0 Å². The number of carbonyl (C=O) groups excluding carboxylic acids is 1. The second kappa shape index (κ2) is 3.22. The number of rotatable bonds is 0. The average Bonchev–Trinajstić information content (AvgIpc) is 1.94. The van der Waals surface area contributed by atoms with Crippen molar-refractivity contribution in [3.05, 3.63) is 0 Å². The Labute approximate surface area is 67.0 Å². The molecule has 1 N–H and O–H groups in total. The lowest BCUT2D eigenvalue weighted by molar-refractivity contribution is -0.134. The van der Waals surface area contributed by atoms with Crippen molar-refractivity contribution in [2.75, 3.05) is 6.54 Å². The van der Waals surface area contributed by atoms with Gasteiger partial charge in [0.25, 0.3) is 0 Å². The summed E-state index contributed by atoms with van der Waals surface area (Å²) < 4.78 is 0. The first-order valence-electron chi connectivity index (χ1n) is 4.06. The summed E-state index contributed by atoms with van der Waals surface area (Å²) in [5.41, 5.74) is 0. The standard InChI is InChI=1S/C8H15NO2/c1-6-3-4-8(11)5-9(6)7(2)10/h6,8,11H,3-5H2,1-2H3/t6-,8-/m1/s1. The minimum absolute atomic E-state index is 0.0660. The summed E-state index contributed by atoms with van der Waals surface area (Å²) in [6.45, 7) is 4.08. The molecule has 1 aliphatic rings. The lowest BCUT2D eigenvalue weighted by atomic mass is 10.0. The molecule has 0 aliphatic carbocycles. The van der Waals surface area contributed by atoms with Gasteiger partial charge in [0.05, 0.1) is 6.10 Å². The summed E-state index contributed by atoms with van der Waals surface area (Å²) in [6.07, 6.45) is 1.43. The van der Waals surface area contributed by atoms with Crippen molar-refractivity contribution in [3.63, 3.8) is 0 Å². The van der Waals surface area contributed by atoms with Crippen LogP contribution in [0.15, 0.2) is 0 Å². The maximum absolute atomic E-state index is 11.0. The van der Waals surface area contributed by atoms with Crippen molar-refractivity contribution in [2.45, 2.75) is 38.8 Å². The smallest absolute Gasteiger partial charge is 0.219 e. The van der Waals surface area contributed by atoms with Gasteiger partial charge in [0.15, 0.2) is 0 Å². The Morgan fingerprint density at radius 2 is 2.18 bits per heavy atom. The van der Waals surface area contributed by atoms with Gasteiger partial charge in [-0.3, -0.25) is 4.79 Å². The SMILES string of the molecule is CC(=O)N1C[C@H](O)CC[C@H]1C. The largest absolute Gasteiger partial charge is 0.391 e. The molecule has 1 aliphatic heterocycles. The van der Waals surface area contributed by atoms with Crippen molar-refractivity contribution in [1.82, 2.24) is 4.90 Å². The zero-order valence-electron chi connectivity index (χ0n) is 7.08. The van der Waals surface area contributed by atoms with Gasteiger partial charge in [0, 0.05) is 19.5 Å². The van der Waals surface area contributed by atoms with E-state index in [0.29, 0.717) is 12.6 Å². The third-order valence-electron chi connectivity index (χ3n) is 2.26. The molecule has 0 aromatic heterocycles. The molecule has 0 bridgehead atoms. The number of nitrogens with zero attached hydrogens (tertiary/aromatic N) is 1. The van der Waals surface area contributed by atoms with E-state index in [1.807, 2.05) is 6.92 Å². The van der Waals surface area contributed by atoms with Gasteiger partial charge < -0.3 is 10.0 Å². The van der Waals surface area contributed by atoms with Crippen molar-refractivity contribution in [3.8, 4) is 0 Å². The van der Waals surface area contributed by atoms with E-state index in [-0.39, 0.29) is 12.0 Å². The summed E-state index contributed by atoms with van der Waals surface area (Å²) in [5, 5.41) is 9.25. The fraction of sp³-hybridized carbons (Fsp3) is 0.875. The zero-order valence-corrected chi connectivity index (χ0v) is 7.08. The van der Waals surface area contributed by atoms with Crippen molar-refractivity contribution < 1.29 is 9.90 Å². The van der Waals surface area contributed by atoms with Gasteiger partial charge in [-0.1, -0.05) is 0 Å². The summed E-state index contributed by atoms with van der Waals surface area (Å²) in [4.78, 5) is 12.7. The molecule has 1 rings (SSSR count). The highest BCUT2D eigenvalue weighted by Gasteiger charge is 2.25. The molecule has 3 nitrogen and oxygen atoms in total. The number of hydrogen-bond acceptors (Lipinski definition) is 2. The predicted molar refractivity (Wildman–Crippen MR) is 42.1 cm³/mol. The van der Waals surface area contributed by atoms with Gasteiger partial charge in [0.2, 0.25) is 5.91 Å². The van der Waals surface area contributed by atoms with Crippen LogP contribution in [0.3, 0.4) is 0 Å². The van der Waals surface area contributed by atoms with Crippen LogP contribution in [0.4, 0.5) is 0 Å². The van der Waals surface area contributed by atoms with Crippen LogP contribution >= 0.6 is 0 Å². The Hall–Kier alpha value is -0.570. The van der Waals surface area contributed by atoms with Gasteiger partial charge in [-0.25, -0.2) is 0 Å². The highest BCUT2D eigenvalue weighted by atomic mass is 16.3. The van der Waals surface area contributed by atoms with Crippen LogP contribution in [0.2, 0.25) is 0 Å². The molecule has 0 radical (unpaired) electrons. The highest BCUT2D eigenvalue weighted by Crippen LogP contribution is 2.16. The van der Waals surface area contributed by atoms with Crippen LogP contribution in [0, 0.1) is 0 Å². The molecule has 1 amide bonds. The topological polar surface area (TPSA) is 40.5 Å². The van der Waals surface area contributed by atoms with Crippen LogP contribution in [-0.2, 0) is 4.79 Å². The summed E-state index contributed by atoms with van der Waals surface area (Å²) in [5.74, 6) is 0.0660. The number of β-amino-alcohol motifs (C(OH)–C–C–N with tert-alkyl or cyclic N) is 1. The van der Waals surface area contributed by atoms with Gasteiger partial charge in [0.1, 0.15) is 0 Å². The van der Waals surface area contributed by atoms with E-state index in [0.717, 1.165) is 12.8 Å². The predicted octanol–water partition coefficient (Wildman–Crippen LogP) is 0.378. The molecule has 1 heterocycles. The van der Waals surface area contributed by atoms with Crippen LogP contribution in [-0.4, -0.2) is 34.6 Å². The second-order valence-corrected chi connectivity index (χ2v) is 3.25. The van der Waals surface area contributed by atoms with Crippen LogP contribution in [0.5, 0.6) is 0 Å². The number of aliphatic hydroxyl groups is 1. The van der Waals surface area contributed by atoms with Crippen molar-refractivity contribution in [1.29, 1.82) is 0 Å². The first-order chi connectivity index (χ1) is 5.11. The minimum atomic E-state index is -0.310. The number of carbonyl (C=O) groups is 1. The Morgan fingerprint density at radius 3 is 2.64 bits per heavy atom. The molecule has 0 aromatic rings. The Bertz CT molecular complexity index is 158. The van der Waals surface area contributed by atoms with E-state index < -0.39 is 0 Å². The fourth-order valence-corrected chi connectivity index (χ4v) is 1.53. The summed E-state index contributed by atoms with van der Waals surface area (Å²) >= 11 is 0. The molecule has 0 unspecified atom stereocenters. The second-order valence-electron chi connectivity index (χ2n) is 3.25. The maximum atomic E-state index is 11.0. The van der Waals surface area contributed by atoms with Gasteiger partial charge in [-0.05, 0) is 19.8 Å². The quantitative estimate of drug-likeness (QED) is 0.552. The minimum Gasteiger partial charge on any atom is -0.391 e. The van der Waals surface area contributed by atoms with E-state index in [4.69, 9.17) is 0 Å². The molecule has 64 valence electrons. The van der Waals surface area contributed by atoms with E-state index in [1.165, 1.54) is 0 Å². The van der Waals surface area contributed by atoms with E-state index in [9.17, 15) is 9.90 Å². The normalized spacial score (nSPS) is 32.1. The van der Waals surface area contributed by atoms with Gasteiger partial charge in [-0.15, -0.1) is 0 Å². The molecule has 0 saturated carbocycles. The van der Waals surface area contributed by atoms with E-state index in [2.05, 4.69) is 0 Å². The third-order valence-corrected chi connectivity index (χ3v) is 2.26. The Morgan fingerprint density at radius 1 is 1.55 bits per heavy atom. The first kappa shape index (κ1) is 8.53. The molecule has 11 heavy (non-hydrogen) atoms. The number of amides is 1. The summed E-state index contributed by atoms with van der Waals surface area (Å²) in [7, 11) is 0. The van der Waals surface area contributed by atoms with Crippen LogP contribution in [0.1, 0.15) is 26.7 Å². The maximum Gasteiger partial charge on any atom is 0.219 e. The van der Waals surface area contributed by atoms with Gasteiger partial charge >= 0.3 is 0 Å². The zero-order chi connectivity index (χ0) is 8.43. The molecule has 2 atom stereocenters. The molecule has 0 spiro atoms. The monoisotopic (exact) mass is 157 g/mol. The number of hydrogen-bond donors (Lipinski definition) is 1. The van der Waals surface area contributed by atoms with Gasteiger partial charge in [-0.2, -0.15) is 0 Å².